The van der Waals surface area contributed by atoms with Gasteiger partial charge in [-0.1, -0.05) is 29.8 Å². The van der Waals surface area contributed by atoms with Crippen LogP contribution in [0.3, 0.4) is 0 Å². The summed E-state index contributed by atoms with van der Waals surface area (Å²) < 4.78 is 31.8. The molecule has 1 saturated heterocycles. The van der Waals surface area contributed by atoms with Gasteiger partial charge in [-0.05, 0) is 41.5 Å². The van der Waals surface area contributed by atoms with Gasteiger partial charge in [-0.25, -0.2) is 13.1 Å². The van der Waals surface area contributed by atoms with Crippen LogP contribution in [0.25, 0.3) is 0 Å². The molecule has 1 aromatic rings. The van der Waals surface area contributed by atoms with Crippen LogP contribution < -0.4 is 9.46 Å². The first-order chi connectivity index (χ1) is 11.7. The van der Waals surface area contributed by atoms with Gasteiger partial charge in [-0.2, -0.15) is 0 Å². The van der Waals surface area contributed by atoms with Gasteiger partial charge >= 0.3 is 0 Å². The summed E-state index contributed by atoms with van der Waals surface area (Å²) in [5.41, 5.74) is 0. The Morgan fingerprint density at radius 2 is 1.96 bits per heavy atom. The van der Waals surface area contributed by atoms with Crippen molar-refractivity contribution in [1.82, 2.24) is 9.62 Å². The van der Waals surface area contributed by atoms with Crippen LogP contribution in [0.15, 0.2) is 24.1 Å². The minimum atomic E-state index is -3.45. The van der Waals surface area contributed by atoms with E-state index in [9.17, 15) is 13.2 Å². The number of likely N-dealkylation sites (tertiary alicyclic amines) is 1. The van der Waals surface area contributed by atoms with Crippen molar-refractivity contribution in [1.29, 1.82) is 0 Å². The smallest absolute Gasteiger partial charge is 0.260 e. The molecule has 1 aromatic carbocycles. The fraction of sp³-hybridized carbons (Fsp3) is 0.400. The van der Waals surface area contributed by atoms with E-state index in [1.54, 1.807) is 17.0 Å². The lowest BCUT2D eigenvalue weighted by Gasteiger charge is -2.32. The van der Waals surface area contributed by atoms with E-state index in [4.69, 9.17) is 27.9 Å². The molecule has 2 rings (SSSR count). The Labute approximate surface area is 170 Å². The highest BCUT2D eigenvalue weighted by atomic mass is 127. The van der Waals surface area contributed by atoms with Crippen molar-refractivity contribution in [3.63, 3.8) is 0 Å². The molecule has 0 aliphatic carbocycles. The maximum Gasteiger partial charge on any atom is 0.260 e. The Balaban J connectivity index is 1.85. The first-order valence-electron chi connectivity index (χ1n) is 7.41. The highest BCUT2D eigenvalue weighted by molar-refractivity contribution is 14.1. The van der Waals surface area contributed by atoms with Crippen LogP contribution in [0.2, 0.25) is 10.0 Å². The number of nitrogens with one attached hydrogen (secondary N) is 1. The van der Waals surface area contributed by atoms with Crippen LogP contribution in [0.4, 0.5) is 0 Å². The number of amides is 1. The molecule has 10 heteroatoms. The topological polar surface area (TPSA) is 75.7 Å². The monoisotopic (exact) mass is 518 g/mol. The van der Waals surface area contributed by atoms with Crippen molar-refractivity contribution >= 4 is 61.7 Å². The summed E-state index contributed by atoms with van der Waals surface area (Å²) in [6, 6.07) is 3.06. The van der Waals surface area contributed by atoms with E-state index in [2.05, 4.69) is 33.9 Å². The second-order valence-corrected chi connectivity index (χ2v) is 9.11. The number of rotatable bonds is 6. The summed E-state index contributed by atoms with van der Waals surface area (Å²) in [6.07, 6.45) is 1.09. The number of hydrogen-bond donors (Lipinski definition) is 1. The number of halogens is 3. The standard InChI is InChI=1S/C15H17Cl2IN2O4S/c1-2-25(22,23)19-10-3-5-20(6-4-10)15(21)9-24-14-8-12(17)11(16)7-13(14)18/h2,7-8,10,19H,1,3-6,9H2. The molecule has 1 aliphatic rings. The molecule has 1 amide bonds. The molecule has 1 aliphatic heterocycles. The molecule has 0 spiro atoms. The van der Waals surface area contributed by atoms with Crippen LogP contribution in [-0.2, 0) is 14.8 Å². The maximum atomic E-state index is 12.3. The zero-order chi connectivity index (χ0) is 18.6. The number of carbonyl (C=O) groups excluding carboxylic acids is 1. The Morgan fingerprint density at radius 3 is 2.56 bits per heavy atom. The lowest BCUT2D eigenvalue weighted by molar-refractivity contribution is -0.134. The fourth-order valence-corrected chi connectivity index (χ4v) is 4.29. The summed E-state index contributed by atoms with van der Waals surface area (Å²) in [4.78, 5) is 13.9. The van der Waals surface area contributed by atoms with Gasteiger partial charge in [0.1, 0.15) is 5.75 Å². The van der Waals surface area contributed by atoms with Gasteiger partial charge in [-0.15, -0.1) is 0 Å². The van der Waals surface area contributed by atoms with Gasteiger partial charge in [0.05, 0.1) is 13.6 Å². The number of sulfonamides is 1. The average Bonchev–Trinajstić information content (AvgIpc) is 2.57. The van der Waals surface area contributed by atoms with Crippen molar-refractivity contribution in [2.75, 3.05) is 19.7 Å². The molecule has 0 bridgehead atoms. The summed E-state index contributed by atoms with van der Waals surface area (Å²) >= 11 is 13.9. The Bertz CT molecular complexity index is 765. The molecule has 0 atom stereocenters. The number of hydrogen-bond acceptors (Lipinski definition) is 4. The average molecular weight is 519 g/mol. The van der Waals surface area contributed by atoms with Crippen molar-refractivity contribution in [3.05, 3.63) is 37.7 Å². The largest absolute Gasteiger partial charge is 0.483 e. The second kappa shape index (κ2) is 8.90. The molecular formula is C15H17Cl2IN2O4S. The SMILES string of the molecule is C=CS(=O)(=O)NC1CCN(C(=O)COc2cc(Cl)c(Cl)cc2I)CC1. The fourth-order valence-electron chi connectivity index (χ4n) is 2.37. The lowest BCUT2D eigenvalue weighted by Crippen LogP contribution is -2.47. The number of ether oxygens (including phenoxy) is 1. The molecule has 6 nitrogen and oxygen atoms in total. The lowest BCUT2D eigenvalue weighted by atomic mass is 10.1. The van der Waals surface area contributed by atoms with E-state index >= 15 is 0 Å². The van der Waals surface area contributed by atoms with Gasteiger partial charge in [0.25, 0.3) is 5.91 Å². The molecule has 0 radical (unpaired) electrons. The minimum Gasteiger partial charge on any atom is -0.483 e. The van der Waals surface area contributed by atoms with Crippen LogP contribution in [0.1, 0.15) is 12.8 Å². The van der Waals surface area contributed by atoms with Crippen molar-refractivity contribution in [2.45, 2.75) is 18.9 Å². The molecule has 25 heavy (non-hydrogen) atoms. The maximum absolute atomic E-state index is 12.3. The van der Waals surface area contributed by atoms with E-state index in [-0.39, 0.29) is 18.6 Å². The molecule has 0 unspecified atom stereocenters. The van der Waals surface area contributed by atoms with Gasteiger partial charge in [-0.3, -0.25) is 4.79 Å². The van der Waals surface area contributed by atoms with E-state index in [1.807, 2.05) is 0 Å². The zero-order valence-electron chi connectivity index (χ0n) is 13.2. The van der Waals surface area contributed by atoms with E-state index < -0.39 is 10.0 Å². The molecule has 1 heterocycles. The van der Waals surface area contributed by atoms with Gasteiger partial charge in [0, 0.05) is 30.6 Å². The van der Waals surface area contributed by atoms with E-state index in [1.165, 1.54) is 0 Å². The number of piperidine rings is 1. The first kappa shape index (κ1) is 20.8. The number of benzene rings is 1. The van der Waals surface area contributed by atoms with Gasteiger partial charge in [0.15, 0.2) is 6.61 Å². The Hall–Kier alpha value is -0.550. The second-order valence-electron chi connectivity index (χ2n) is 5.47. The van der Waals surface area contributed by atoms with Crippen molar-refractivity contribution in [2.24, 2.45) is 0 Å². The number of nitrogens with zero attached hydrogens (tertiary/aromatic N) is 1. The quantitative estimate of drug-likeness (QED) is 0.464. The van der Waals surface area contributed by atoms with E-state index in [0.717, 1.165) is 8.98 Å². The molecule has 138 valence electrons. The highest BCUT2D eigenvalue weighted by Gasteiger charge is 2.25. The summed E-state index contributed by atoms with van der Waals surface area (Å²) in [6.45, 7) is 4.08. The normalized spacial score (nSPS) is 15.9. The highest BCUT2D eigenvalue weighted by Crippen LogP contribution is 2.31. The molecule has 1 N–H and O–H groups in total. The number of carbonyl (C=O) groups is 1. The predicted octanol–water partition coefficient (Wildman–Crippen LogP) is 3.03. The summed E-state index contributed by atoms with van der Waals surface area (Å²) in [7, 11) is -3.45. The third-order valence-electron chi connectivity index (χ3n) is 3.72. The van der Waals surface area contributed by atoms with Crippen LogP contribution >= 0.6 is 45.8 Å². The van der Waals surface area contributed by atoms with Crippen molar-refractivity contribution < 1.29 is 17.9 Å². The zero-order valence-corrected chi connectivity index (χ0v) is 17.7. The summed E-state index contributed by atoms with van der Waals surface area (Å²) in [5, 5.41) is 1.67. The molecule has 0 saturated carbocycles. The molecular weight excluding hydrogens is 502 g/mol. The third-order valence-corrected chi connectivity index (χ3v) is 6.39. The summed E-state index contributed by atoms with van der Waals surface area (Å²) in [5.74, 6) is 0.337. The van der Waals surface area contributed by atoms with Gasteiger partial charge < -0.3 is 9.64 Å². The minimum absolute atomic E-state index is 0.114. The van der Waals surface area contributed by atoms with Gasteiger partial charge in [0.2, 0.25) is 10.0 Å². The van der Waals surface area contributed by atoms with Crippen LogP contribution in [0, 0.1) is 3.57 Å². The Kier molecular flexibility index (Phi) is 7.39. The van der Waals surface area contributed by atoms with E-state index in [0.29, 0.717) is 41.7 Å². The predicted molar refractivity (Wildman–Crippen MR) is 107 cm³/mol. The first-order valence-corrected chi connectivity index (χ1v) is 10.8. The molecule has 1 fully saturated rings. The Morgan fingerprint density at radius 1 is 1.36 bits per heavy atom. The molecule has 0 aromatic heterocycles. The van der Waals surface area contributed by atoms with Crippen LogP contribution in [0.5, 0.6) is 5.75 Å². The van der Waals surface area contributed by atoms with Crippen molar-refractivity contribution in [3.8, 4) is 5.75 Å². The third kappa shape index (κ3) is 5.99. The van der Waals surface area contributed by atoms with Crippen LogP contribution in [-0.4, -0.2) is 45.0 Å².